The first kappa shape index (κ1) is 29.0. The zero-order valence-corrected chi connectivity index (χ0v) is 24.4. The van der Waals surface area contributed by atoms with E-state index in [1.165, 1.54) is 16.6 Å². The van der Waals surface area contributed by atoms with Gasteiger partial charge in [-0.1, -0.05) is 0 Å². The van der Waals surface area contributed by atoms with Gasteiger partial charge in [-0.15, -0.1) is 0 Å². The van der Waals surface area contributed by atoms with Crippen molar-refractivity contribution in [2.75, 3.05) is 38.7 Å². The predicted octanol–water partition coefficient (Wildman–Crippen LogP) is 3.65. The molecular formula is C32H36FN5O5. The third-order valence-electron chi connectivity index (χ3n) is 8.18. The number of amides is 2. The van der Waals surface area contributed by atoms with Gasteiger partial charge in [0.2, 0.25) is 0 Å². The van der Waals surface area contributed by atoms with Crippen LogP contribution in [0.3, 0.4) is 0 Å². The number of pyridine rings is 2. The molecule has 2 amide bonds. The van der Waals surface area contributed by atoms with Crippen molar-refractivity contribution in [1.82, 2.24) is 19.8 Å². The highest BCUT2D eigenvalue weighted by atomic mass is 19.1. The highest BCUT2D eigenvalue weighted by Crippen LogP contribution is 2.41. The van der Waals surface area contributed by atoms with Gasteiger partial charge in [-0.05, 0) is 78.8 Å². The molecule has 10 nitrogen and oxygen atoms in total. The molecule has 4 heterocycles. The van der Waals surface area contributed by atoms with Crippen LogP contribution in [-0.2, 0) is 18.3 Å². The SMILES string of the molecule is COc1ccc(-c2cc(NC(=O)c3cc(CNC[C@@H]4CCCO4)cn(C)c3=O)nc(C3CC3)c2)c(C(=O)N2CC(F)C2)c1. The quantitative estimate of drug-likeness (QED) is 0.371. The molecule has 2 aliphatic heterocycles. The summed E-state index contributed by atoms with van der Waals surface area (Å²) in [7, 11) is 3.15. The predicted molar refractivity (Wildman–Crippen MR) is 159 cm³/mol. The minimum atomic E-state index is -1.02. The molecule has 1 saturated carbocycles. The highest BCUT2D eigenvalue weighted by Gasteiger charge is 2.33. The van der Waals surface area contributed by atoms with E-state index in [0.717, 1.165) is 43.5 Å². The number of benzene rings is 1. The van der Waals surface area contributed by atoms with E-state index in [-0.39, 0.29) is 42.4 Å². The molecule has 3 aromatic rings. The Morgan fingerprint density at radius 1 is 1.12 bits per heavy atom. The lowest BCUT2D eigenvalue weighted by molar-refractivity contribution is 0.0400. The molecule has 3 aliphatic rings. The summed E-state index contributed by atoms with van der Waals surface area (Å²) in [5, 5.41) is 6.19. The monoisotopic (exact) mass is 589 g/mol. The average molecular weight is 590 g/mol. The summed E-state index contributed by atoms with van der Waals surface area (Å²) in [6.07, 6.45) is 4.91. The Labute approximate surface area is 249 Å². The Bertz CT molecular complexity index is 1590. The van der Waals surface area contributed by atoms with Crippen molar-refractivity contribution in [2.24, 2.45) is 7.05 Å². The van der Waals surface area contributed by atoms with E-state index in [4.69, 9.17) is 14.5 Å². The normalized spacial score (nSPS) is 18.4. The maximum absolute atomic E-state index is 13.6. The molecule has 1 aromatic carbocycles. The molecule has 6 rings (SSSR count). The number of rotatable bonds is 10. The Morgan fingerprint density at radius 2 is 1.93 bits per heavy atom. The number of hydrogen-bond acceptors (Lipinski definition) is 7. The van der Waals surface area contributed by atoms with Gasteiger partial charge in [0.15, 0.2) is 0 Å². The summed E-state index contributed by atoms with van der Waals surface area (Å²) in [4.78, 5) is 45.9. The fourth-order valence-corrected chi connectivity index (χ4v) is 5.61. The first-order valence-electron chi connectivity index (χ1n) is 14.8. The fourth-order valence-electron chi connectivity index (χ4n) is 5.61. The van der Waals surface area contributed by atoms with E-state index in [1.807, 2.05) is 6.07 Å². The summed E-state index contributed by atoms with van der Waals surface area (Å²) in [6, 6.07) is 10.4. The van der Waals surface area contributed by atoms with Crippen LogP contribution in [0, 0.1) is 0 Å². The van der Waals surface area contributed by atoms with Crippen LogP contribution in [0.4, 0.5) is 10.2 Å². The molecule has 1 atom stereocenters. The number of aromatic nitrogens is 2. The van der Waals surface area contributed by atoms with Gasteiger partial charge in [-0.3, -0.25) is 14.4 Å². The lowest BCUT2D eigenvalue weighted by atomic mass is 9.96. The lowest BCUT2D eigenvalue weighted by Crippen LogP contribution is -2.51. The number of methoxy groups -OCH3 is 1. The zero-order valence-electron chi connectivity index (χ0n) is 24.4. The van der Waals surface area contributed by atoms with Crippen LogP contribution in [-0.4, -0.2) is 71.9 Å². The van der Waals surface area contributed by atoms with E-state index in [9.17, 15) is 18.8 Å². The summed E-state index contributed by atoms with van der Waals surface area (Å²) in [6.45, 7) is 2.08. The first-order valence-corrected chi connectivity index (χ1v) is 14.8. The van der Waals surface area contributed by atoms with Crippen molar-refractivity contribution in [2.45, 2.75) is 50.4 Å². The van der Waals surface area contributed by atoms with Crippen LogP contribution in [0.5, 0.6) is 5.75 Å². The van der Waals surface area contributed by atoms with Crippen molar-refractivity contribution in [3.8, 4) is 16.9 Å². The van der Waals surface area contributed by atoms with Crippen molar-refractivity contribution in [3.63, 3.8) is 0 Å². The number of aryl methyl sites for hydroxylation is 1. The third kappa shape index (κ3) is 6.47. The second-order valence-corrected chi connectivity index (χ2v) is 11.6. The number of anilines is 1. The Morgan fingerprint density at radius 3 is 2.63 bits per heavy atom. The van der Waals surface area contributed by atoms with Crippen molar-refractivity contribution in [1.29, 1.82) is 0 Å². The Hall–Kier alpha value is -4.09. The van der Waals surface area contributed by atoms with Gasteiger partial charge in [-0.25, -0.2) is 9.37 Å². The topological polar surface area (TPSA) is 115 Å². The Balaban J connectivity index is 1.27. The molecular weight excluding hydrogens is 553 g/mol. The number of hydrogen-bond donors (Lipinski definition) is 2. The third-order valence-corrected chi connectivity index (χ3v) is 8.18. The maximum atomic E-state index is 13.6. The van der Waals surface area contributed by atoms with Gasteiger partial charge < -0.3 is 29.6 Å². The van der Waals surface area contributed by atoms with Gasteiger partial charge in [-0.2, -0.15) is 0 Å². The number of carbonyl (C=O) groups excluding carboxylic acids is 2. The smallest absolute Gasteiger partial charge is 0.263 e. The molecule has 0 unspecified atom stereocenters. The summed E-state index contributed by atoms with van der Waals surface area (Å²) < 4.78 is 26.0. The van der Waals surface area contributed by atoms with Crippen LogP contribution in [0.1, 0.15) is 63.6 Å². The molecule has 1 aliphatic carbocycles. The van der Waals surface area contributed by atoms with E-state index < -0.39 is 17.6 Å². The maximum Gasteiger partial charge on any atom is 0.263 e. The van der Waals surface area contributed by atoms with Gasteiger partial charge in [0.1, 0.15) is 23.3 Å². The van der Waals surface area contributed by atoms with Crippen LogP contribution in [0.25, 0.3) is 11.1 Å². The van der Waals surface area contributed by atoms with Gasteiger partial charge in [0, 0.05) is 44.6 Å². The summed E-state index contributed by atoms with van der Waals surface area (Å²) >= 11 is 0. The summed E-state index contributed by atoms with van der Waals surface area (Å²) in [5.41, 5.74) is 2.90. The van der Waals surface area contributed by atoms with Crippen LogP contribution in [0.2, 0.25) is 0 Å². The molecule has 3 fully saturated rings. The molecule has 226 valence electrons. The highest BCUT2D eigenvalue weighted by molar-refractivity contribution is 6.05. The minimum absolute atomic E-state index is 0.0120. The number of nitrogens with zero attached hydrogens (tertiary/aromatic N) is 3. The molecule has 2 saturated heterocycles. The molecule has 2 N–H and O–H groups in total. The van der Waals surface area contributed by atoms with Crippen molar-refractivity contribution in [3.05, 3.63) is 75.3 Å². The van der Waals surface area contributed by atoms with Crippen LogP contribution >= 0.6 is 0 Å². The largest absolute Gasteiger partial charge is 0.497 e. The molecule has 0 bridgehead atoms. The minimum Gasteiger partial charge on any atom is -0.497 e. The number of alkyl halides is 1. The number of nitrogens with one attached hydrogen (secondary N) is 2. The average Bonchev–Trinajstić information content (AvgIpc) is 3.72. The second-order valence-electron chi connectivity index (χ2n) is 11.6. The van der Waals surface area contributed by atoms with Crippen LogP contribution in [0.15, 0.2) is 47.4 Å². The van der Waals surface area contributed by atoms with Crippen molar-refractivity contribution < 1.29 is 23.5 Å². The van der Waals surface area contributed by atoms with E-state index >= 15 is 0 Å². The zero-order chi connectivity index (χ0) is 30.1. The number of carbonyl (C=O) groups is 2. The van der Waals surface area contributed by atoms with Crippen LogP contribution < -0.4 is 20.9 Å². The fraction of sp³-hybridized carbons (Fsp3) is 0.438. The van der Waals surface area contributed by atoms with Gasteiger partial charge in [0.25, 0.3) is 17.4 Å². The molecule has 43 heavy (non-hydrogen) atoms. The molecule has 2 aromatic heterocycles. The lowest BCUT2D eigenvalue weighted by Gasteiger charge is -2.34. The second kappa shape index (κ2) is 12.3. The van der Waals surface area contributed by atoms with E-state index in [1.54, 1.807) is 43.6 Å². The first-order chi connectivity index (χ1) is 20.8. The van der Waals surface area contributed by atoms with Gasteiger partial charge >= 0.3 is 0 Å². The van der Waals surface area contributed by atoms with Crippen molar-refractivity contribution >= 4 is 17.6 Å². The van der Waals surface area contributed by atoms with Gasteiger partial charge in [0.05, 0.1) is 31.9 Å². The molecule has 11 heteroatoms. The molecule has 0 spiro atoms. The standard InChI is InChI=1S/C32H36FN5O5/c1-37-16-19(14-34-15-24-4-3-9-43-24)10-27(31(37)40)30(39)36-29-12-21(11-28(35-29)20-5-6-20)25-8-7-23(42-2)13-26(25)32(41)38-17-22(33)18-38/h7-8,10-13,16,20,22,24,34H,3-6,9,14-15,17-18H2,1-2H3,(H,35,36,39)/t24-/m0/s1. The van der Waals surface area contributed by atoms with E-state index in [2.05, 4.69) is 10.6 Å². The summed E-state index contributed by atoms with van der Waals surface area (Å²) in [5.74, 6) is 0.202. The molecule has 0 radical (unpaired) electrons. The van der Waals surface area contributed by atoms with E-state index in [0.29, 0.717) is 35.5 Å². The number of halogens is 1. The number of ether oxygens (including phenoxy) is 2. The Kier molecular flexibility index (Phi) is 8.27. The number of likely N-dealkylation sites (tertiary alicyclic amines) is 1.